The number of allylic oxidation sites excluding steroid dienone is 2. The van der Waals surface area contributed by atoms with Gasteiger partial charge in [0.2, 0.25) is 5.91 Å². The van der Waals surface area contributed by atoms with Crippen molar-refractivity contribution in [2.24, 2.45) is 0 Å². The maximum Gasteiger partial charge on any atom is 0.421 e. The molecule has 1 aliphatic heterocycles. The van der Waals surface area contributed by atoms with Gasteiger partial charge in [0.15, 0.2) is 4.87 Å². The van der Waals surface area contributed by atoms with Crippen LogP contribution in [0.15, 0.2) is 35.4 Å². The van der Waals surface area contributed by atoms with Gasteiger partial charge in [-0.15, -0.1) is 11.6 Å². The molecule has 0 saturated carbocycles. The van der Waals surface area contributed by atoms with E-state index in [1.165, 1.54) is 0 Å². The normalized spacial score (nSPS) is 26.5. The Morgan fingerprint density at radius 2 is 1.68 bits per heavy atom. The highest BCUT2D eigenvalue weighted by molar-refractivity contribution is 6.40. The molecule has 6 nitrogen and oxygen atoms in total. The van der Waals surface area contributed by atoms with E-state index in [0.717, 1.165) is 16.0 Å². The summed E-state index contributed by atoms with van der Waals surface area (Å²) in [5.74, 6) is -1.21. The number of amides is 2. The first-order chi connectivity index (χ1) is 13.2. The van der Waals surface area contributed by atoms with Crippen molar-refractivity contribution in [1.82, 2.24) is 0 Å². The summed E-state index contributed by atoms with van der Waals surface area (Å²) in [6.07, 6.45) is -0.383. The topological polar surface area (TPSA) is 72.9 Å². The molecule has 1 aromatic carbocycles. The first-order valence-corrected chi connectivity index (χ1v) is 9.74. The van der Waals surface area contributed by atoms with Gasteiger partial charge in [-0.1, -0.05) is 29.3 Å². The molecule has 0 radical (unpaired) electrons. The minimum Gasteiger partial charge on any atom is -0.465 e. The number of carbonyl (C=O) groups is 3. The van der Waals surface area contributed by atoms with E-state index in [9.17, 15) is 14.4 Å². The monoisotopic (exact) mass is 405 g/mol. The Labute approximate surface area is 169 Å². The second-order valence-corrected chi connectivity index (χ2v) is 7.84. The summed E-state index contributed by atoms with van der Waals surface area (Å²) < 4.78 is 10.4. The number of hydrogen-bond acceptors (Lipinski definition) is 5. The lowest BCUT2D eigenvalue weighted by molar-refractivity contribution is -0.151. The lowest BCUT2D eigenvalue weighted by atomic mass is 9.61. The van der Waals surface area contributed by atoms with Gasteiger partial charge >= 0.3 is 12.1 Å². The highest BCUT2D eigenvalue weighted by atomic mass is 35.5. The van der Waals surface area contributed by atoms with Crippen molar-refractivity contribution in [2.75, 3.05) is 18.1 Å². The summed E-state index contributed by atoms with van der Waals surface area (Å²) in [5, 5.41) is 0. The molecule has 0 fully saturated rings. The third kappa shape index (κ3) is 2.65. The lowest BCUT2D eigenvalue weighted by Crippen LogP contribution is -2.61. The van der Waals surface area contributed by atoms with Crippen molar-refractivity contribution < 1.29 is 23.9 Å². The van der Waals surface area contributed by atoms with Crippen LogP contribution in [0.1, 0.15) is 46.1 Å². The predicted molar refractivity (Wildman–Crippen MR) is 105 cm³/mol. The summed E-state index contributed by atoms with van der Waals surface area (Å²) in [6.45, 7) is 7.44. The lowest BCUT2D eigenvalue weighted by Gasteiger charge is -2.45. The van der Waals surface area contributed by atoms with Crippen molar-refractivity contribution in [2.45, 2.75) is 50.8 Å². The standard InChI is InChI=1S/C21H24ClNO5/c1-5-27-18(25)21(22)12-14(4)13(3)11-20(21)15-9-7-8-10-16(15)23(17(20)24)19(26)28-6-2/h7-10H,5-6,11-12H2,1-4H3/t20-,21+/m0/s1. The Hall–Kier alpha value is -2.34. The van der Waals surface area contributed by atoms with E-state index >= 15 is 0 Å². The fourth-order valence-corrected chi connectivity index (χ4v) is 4.72. The molecule has 0 bridgehead atoms. The maximum absolute atomic E-state index is 13.7. The average Bonchev–Trinajstić information content (AvgIpc) is 2.90. The molecule has 7 heteroatoms. The van der Waals surface area contributed by atoms with Gasteiger partial charge in [-0.25, -0.2) is 9.69 Å². The molecule has 2 amide bonds. The largest absolute Gasteiger partial charge is 0.465 e. The number of hydrogen-bond donors (Lipinski definition) is 0. The molecular formula is C21H24ClNO5. The molecular weight excluding hydrogens is 382 g/mol. The third-order valence-electron chi connectivity index (χ3n) is 5.67. The van der Waals surface area contributed by atoms with Crippen LogP contribution in [-0.4, -0.2) is 36.1 Å². The smallest absolute Gasteiger partial charge is 0.421 e. The van der Waals surface area contributed by atoms with Crippen molar-refractivity contribution >= 4 is 35.3 Å². The molecule has 1 spiro atoms. The molecule has 1 aromatic rings. The molecule has 0 saturated heterocycles. The van der Waals surface area contributed by atoms with Crippen LogP contribution < -0.4 is 4.90 Å². The number of fused-ring (bicyclic) bond motifs is 2. The number of anilines is 1. The second-order valence-electron chi connectivity index (χ2n) is 7.20. The number of nitrogens with zero attached hydrogens (tertiary/aromatic N) is 1. The fraction of sp³-hybridized carbons (Fsp3) is 0.476. The van der Waals surface area contributed by atoms with E-state index in [-0.39, 0.29) is 26.1 Å². The Kier molecular flexibility index (Phi) is 5.28. The van der Waals surface area contributed by atoms with Crippen LogP contribution in [0.2, 0.25) is 0 Å². The van der Waals surface area contributed by atoms with Crippen LogP contribution in [-0.2, 0) is 24.5 Å². The van der Waals surface area contributed by atoms with Gasteiger partial charge in [-0.2, -0.15) is 0 Å². The van der Waals surface area contributed by atoms with E-state index in [2.05, 4.69) is 0 Å². The molecule has 1 heterocycles. The SMILES string of the molecule is CCOC(=O)N1C(=O)[C@]2(CC(C)=C(C)C[C@@]2(Cl)C(=O)OCC)c2ccccc21. The fourth-order valence-electron chi connectivity index (χ4n) is 4.22. The van der Waals surface area contributed by atoms with Gasteiger partial charge in [-0.3, -0.25) is 9.59 Å². The highest BCUT2D eigenvalue weighted by Crippen LogP contribution is 2.59. The number of ether oxygens (including phenoxy) is 2. The summed E-state index contributed by atoms with van der Waals surface area (Å²) in [4.78, 5) is 38.7. The molecule has 28 heavy (non-hydrogen) atoms. The minimum atomic E-state index is -1.65. The van der Waals surface area contributed by atoms with E-state index in [1.807, 2.05) is 13.8 Å². The van der Waals surface area contributed by atoms with E-state index < -0.39 is 28.3 Å². The van der Waals surface area contributed by atoms with E-state index in [0.29, 0.717) is 11.3 Å². The Balaban J connectivity index is 2.28. The molecule has 0 unspecified atom stereocenters. The summed E-state index contributed by atoms with van der Waals surface area (Å²) >= 11 is 6.99. The highest BCUT2D eigenvalue weighted by Gasteiger charge is 2.69. The number of para-hydroxylation sites is 1. The van der Waals surface area contributed by atoms with E-state index in [1.54, 1.807) is 38.1 Å². The quantitative estimate of drug-likeness (QED) is 0.430. The van der Waals surface area contributed by atoms with Gasteiger partial charge in [0.25, 0.3) is 0 Å². The van der Waals surface area contributed by atoms with Gasteiger partial charge in [0, 0.05) is 0 Å². The number of esters is 1. The molecule has 3 rings (SSSR count). The van der Waals surface area contributed by atoms with Crippen molar-refractivity contribution in [1.29, 1.82) is 0 Å². The first kappa shape index (κ1) is 20.4. The zero-order valence-corrected chi connectivity index (χ0v) is 17.3. The van der Waals surface area contributed by atoms with Crippen LogP contribution in [0, 0.1) is 0 Å². The molecule has 0 N–H and O–H groups in total. The Morgan fingerprint density at radius 3 is 2.32 bits per heavy atom. The number of halogens is 1. The van der Waals surface area contributed by atoms with Crippen LogP contribution in [0.25, 0.3) is 0 Å². The first-order valence-electron chi connectivity index (χ1n) is 9.36. The van der Waals surface area contributed by atoms with Crippen molar-refractivity contribution in [3.63, 3.8) is 0 Å². The minimum absolute atomic E-state index is 0.125. The molecule has 1 aliphatic carbocycles. The number of benzene rings is 1. The van der Waals surface area contributed by atoms with Gasteiger partial charge in [0.1, 0.15) is 5.41 Å². The number of carbonyl (C=O) groups excluding carboxylic acids is 3. The molecule has 0 aromatic heterocycles. The van der Waals surface area contributed by atoms with Crippen molar-refractivity contribution in [3.05, 3.63) is 41.0 Å². The predicted octanol–water partition coefficient (Wildman–Crippen LogP) is 4.10. The molecule has 150 valence electrons. The average molecular weight is 406 g/mol. The molecule has 2 aliphatic rings. The summed E-state index contributed by atoms with van der Waals surface area (Å²) in [6, 6.07) is 6.92. The van der Waals surface area contributed by atoms with Crippen LogP contribution in [0.4, 0.5) is 10.5 Å². The zero-order chi connectivity index (χ0) is 20.7. The third-order valence-corrected chi connectivity index (χ3v) is 6.28. The van der Waals surface area contributed by atoms with Crippen molar-refractivity contribution in [3.8, 4) is 0 Å². The van der Waals surface area contributed by atoms with Crippen LogP contribution in [0.3, 0.4) is 0 Å². The Bertz CT molecular complexity index is 879. The summed E-state index contributed by atoms with van der Waals surface area (Å²) in [7, 11) is 0. The maximum atomic E-state index is 13.7. The van der Waals surface area contributed by atoms with Gasteiger partial charge in [-0.05, 0) is 52.2 Å². The molecule has 2 atom stereocenters. The zero-order valence-electron chi connectivity index (χ0n) is 16.5. The van der Waals surface area contributed by atoms with Gasteiger partial charge < -0.3 is 9.47 Å². The summed E-state index contributed by atoms with van der Waals surface area (Å²) in [5.41, 5.74) is 1.41. The second kappa shape index (κ2) is 7.24. The number of alkyl halides is 1. The van der Waals surface area contributed by atoms with Crippen LogP contribution in [0.5, 0.6) is 0 Å². The van der Waals surface area contributed by atoms with Crippen LogP contribution >= 0.6 is 11.6 Å². The van der Waals surface area contributed by atoms with Gasteiger partial charge in [0.05, 0.1) is 18.9 Å². The number of imide groups is 1. The van der Waals surface area contributed by atoms with E-state index in [4.69, 9.17) is 21.1 Å². The Morgan fingerprint density at radius 1 is 1.07 bits per heavy atom. The number of rotatable bonds is 3.